The van der Waals surface area contributed by atoms with Crippen LogP contribution in [0, 0.1) is 5.41 Å². The summed E-state index contributed by atoms with van der Waals surface area (Å²) in [6.07, 6.45) is 5.90. The highest BCUT2D eigenvalue weighted by Crippen LogP contribution is 2.37. The summed E-state index contributed by atoms with van der Waals surface area (Å²) in [5.41, 5.74) is 2.15. The van der Waals surface area contributed by atoms with E-state index in [1.54, 1.807) is 0 Å². The third-order valence-corrected chi connectivity index (χ3v) is 5.00. The van der Waals surface area contributed by atoms with E-state index in [1.807, 2.05) is 12.1 Å². The molecule has 2 aliphatic rings. The van der Waals surface area contributed by atoms with E-state index in [0.29, 0.717) is 5.78 Å². The molecule has 1 saturated carbocycles. The van der Waals surface area contributed by atoms with Gasteiger partial charge in [-0.05, 0) is 50.3 Å². The zero-order valence-electron chi connectivity index (χ0n) is 11.7. The second-order valence-electron chi connectivity index (χ2n) is 6.39. The summed E-state index contributed by atoms with van der Waals surface area (Å²) in [6, 6.07) is 8.43. The number of rotatable bonds is 3. The summed E-state index contributed by atoms with van der Waals surface area (Å²) in [5, 5.41) is 3.33. The van der Waals surface area contributed by atoms with Gasteiger partial charge in [0.2, 0.25) is 0 Å². The first-order valence-corrected chi connectivity index (χ1v) is 7.54. The highest BCUT2D eigenvalue weighted by atomic mass is 16.1. The number of benzene rings is 1. The van der Waals surface area contributed by atoms with Crippen molar-refractivity contribution in [3.8, 4) is 0 Å². The van der Waals surface area contributed by atoms with Crippen LogP contribution >= 0.6 is 0 Å². The normalized spacial score (nSPS) is 22.8. The van der Waals surface area contributed by atoms with Crippen molar-refractivity contribution >= 4 is 5.78 Å². The number of ketones is 1. The van der Waals surface area contributed by atoms with Gasteiger partial charge in [-0.2, -0.15) is 0 Å². The topological polar surface area (TPSA) is 29.1 Å². The summed E-state index contributed by atoms with van der Waals surface area (Å²) in [4.78, 5) is 12.7. The molecule has 0 atom stereocenters. The van der Waals surface area contributed by atoms with Crippen LogP contribution in [0.5, 0.6) is 0 Å². The van der Waals surface area contributed by atoms with E-state index >= 15 is 0 Å². The summed E-state index contributed by atoms with van der Waals surface area (Å²) < 4.78 is 0. The van der Waals surface area contributed by atoms with Gasteiger partial charge in [0.25, 0.3) is 0 Å². The standard InChI is InChI=1S/C17H23NO/c1-17(9-11-18-12-10-17)16(19)15-7-5-14(6-8-15)13-3-2-4-13/h5-8,13,18H,2-4,9-12H2,1H3. The lowest BCUT2D eigenvalue weighted by Gasteiger charge is -2.32. The maximum Gasteiger partial charge on any atom is 0.168 e. The Kier molecular flexibility index (Phi) is 3.44. The van der Waals surface area contributed by atoms with Crippen LogP contribution in [0.4, 0.5) is 0 Å². The molecule has 0 radical (unpaired) electrons. The quantitative estimate of drug-likeness (QED) is 0.839. The lowest BCUT2D eigenvalue weighted by Crippen LogP contribution is -2.40. The second kappa shape index (κ2) is 5.09. The van der Waals surface area contributed by atoms with Crippen LogP contribution in [-0.2, 0) is 0 Å². The van der Waals surface area contributed by atoms with Crippen LogP contribution in [-0.4, -0.2) is 18.9 Å². The molecule has 3 rings (SSSR count). The van der Waals surface area contributed by atoms with Crippen molar-refractivity contribution in [2.24, 2.45) is 5.41 Å². The second-order valence-corrected chi connectivity index (χ2v) is 6.39. The van der Waals surface area contributed by atoms with Gasteiger partial charge in [0.1, 0.15) is 0 Å². The summed E-state index contributed by atoms with van der Waals surface area (Å²) in [6.45, 7) is 4.04. The molecule has 1 aromatic rings. The van der Waals surface area contributed by atoms with Crippen molar-refractivity contribution in [3.63, 3.8) is 0 Å². The molecule has 0 bridgehead atoms. The van der Waals surface area contributed by atoms with Gasteiger partial charge in [-0.1, -0.05) is 37.6 Å². The van der Waals surface area contributed by atoms with Crippen LogP contribution in [0.1, 0.15) is 60.9 Å². The third-order valence-electron chi connectivity index (χ3n) is 5.00. The monoisotopic (exact) mass is 257 g/mol. The number of Topliss-reactive ketones (excluding diaryl/α,β-unsaturated/α-hetero) is 1. The minimum atomic E-state index is -0.163. The smallest absolute Gasteiger partial charge is 0.168 e. The molecule has 2 fully saturated rings. The van der Waals surface area contributed by atoms with E-state index in [-0.39, 0.29) is 5.41 Å². The fourth-order valence-corrected chi connectivity index (χ4v) is 3.20. The Morgan fingerprint density at radius 1 is 1.16 bits per heavy atom. The minimum absolute atomic E-state index is 0.163. The van der Waals surface area contributed by atoms with Crippen LogP contribution in [0.25, 0.3) is 0 Å². The molecule has 0 aromatic heterocycles. The van der Waals surface area contributed by atoms with Gasteiger partial charge in [0.15, 0.2) is 5.78 Å². The summed E-state index contributed by atoms with van der Waals surface area (Å²) >= 11 is 0. The van der Waals surface area contributed by atoms with Crippen LogP contribution in [0.15, 0.2) is 24.3 Å². The SMILES string of the molecule is CC1(C(=O)c2ccc(C3CCC3)cc2)CCNCC1. The molecular formula is C17H23NO. The number of hydrogen-bond acceptors (Lipinski definition) is 2. The van der Waals surface area contributed by atoms with E-state index in [0.717, 1.165) is 37.4 Å². The third kappa shape index (κ3) is 2.46. The molecule has 0 unspecified atom stereocenters. The fraction of sp³-hybridized carbons (Fsp3) is 0.588. The molecule has 1 aromatic carbocycles. The molecule has 1 aliphatic carbocycles. The van der Waals surface area contributed by atoms with E-state index in [4.69, 9.17) is 0 Å². The van der Waals surface area contributed by atoms with Crippen molar-refractivity contribution in [3.05, 3.63) is 35.4 Å². The van der Waals surface area contributed by atoms with E-state index in [2.05, 4.69) is 24.4 Å². The van der Waals surface area contributed by atoms with Gasteiger partial charge in [0, 0.05) is 11.0 Å². The molecule has 2 nitrogen and oxygen atoms in total. The Morgan fingerprint density at radius 3 is 2.32 bits per heavy atom. The Labute approximate surface area is 115 Å². The van der Waals surface area contributed by atoms with E-state index in [1.165, 1.54) is 24.8 Å². The van der Waals surface area contributed by atoms with Gasteiger partial charge in [-0.15, -0.1) is 0 Å². The number of carbonyl (C=O) groups excluding carboxylic acids is 1. The molecule has 19 heavy (non-hydrogen) atoms. The molecule has 1 aliphatic heterocycles. The van der Waals surface area contributed by atoms with Crippen LogP contribution in [0.3, 0.4) is 0 Å². The number of hydrogen-bond donors (Lipinski definition) is 1. The van der Waals surface area contributed by atoms with Gasteiger partial charge in [-0.25, -0.2) is 0 Å². The predicted octanol–water partition coefficient (Wildman–Crippen LogP) is 3.53. The van der Waals surface area contributed by atoms with Crippen molar-refractivity contribution in [1.29, 1.82) is 0 Å². The zero-order chi connectivity index (χ0) is 13.3. The number of nitrogens with one attached hydrogen (secondary N) is 1. The Morgan fingerprint density at radius 2 is 1.79 bits per heavy atom. The zero-order valence-corrected chi connectivity index (χ0v) is 11.7. The summed E-state index contributed by atoms with van der Waals surface area (Å²) in [5.74, 6) is 1.08. The molecule has 2 heteroatoms. The molecule has 102 valence electrons. The highest BCUT2D eigenvalue weighted by molar-refractivity contribution is 6.00. The lowest BCUT2D eigenvalue weighted by molar-refractivity contribution is 0.0762. The lowest BCUT2D eigenvalue weighted by atomic mass is 9.74. The van der Waals surface area contributed by atoms with Gasteiger partial charge in [-0.3, -0.25) is 4.79 Å². The van der Waals surface area contributed by atoms with Crippen LogP contribution in [0.2, 0.25) is 0 Å². The minimum Gasteiger partial charge on any atom is -0.317 e. The van der Waals surface area contributed by atoms with Gasteiger partial charge >= 0.3 is 0 Å². The molecule has 1 saturated heterocycles. The van der Waals surface area contributed by atoms with E-state index in [9.17, 15) is 4.79 Å². The maximum absolute atomic E-state index is 12.7. The van der Waals surface area contributed by atoms with Crippen molar-refractivity contribution in [2.75, 3.05) is 13.1 Å². The highest BCUT2D eigenvalue weighted by Gasteiger charge is 2.35. The largest absolute Gasteiger partial charge is 0.317 e. The Hall–Kier alpha value is -1.15. The molecule has 1 N–H and O–H groups in total. The molecule has 1 heterocycles. The van der Waals surface area contributed by atoms with Crippen LogP contribution < -0.4 is 5.32 Å². The van der Waals surface area contributed by atoms with Crippen molar-refractivity contribution in [1.82, 2.24) is 5.32 Å². The number of carbonyl (C=O) groups is 1. The molecular weight excluding hydrogens is 234 g/mol. The van der Waals surface area contributed by atoms with E-state index < -0.39 is 0 Å². The molecule has 0 spiro atoms. The molecule has 0 amide bonds. The average Bonchev–Trinajstić information content (AvgIpc) is 2.38. The first-order valence-electron chi connectivity index (χ1n) is 7.54. The first kappa shape index (κ1) is 12.9. The summed E-state index contributed by atoms with van der Waals surface area (Å²) in [7, 11) is 0. The Bertz CT molecular complexity index is 453. The first-order chi connectivity index (χ1) is 9.19. The fourth-order valence-electron chi connectivity index (χ4n) is 3.20. The number of piperidine rings is 1. The maximum atomic E-state index is 12.7. The van der Waals surface area contributed by atoms with Gasteiger partial charge < -0.3 is 5.32 Å². The average molecular weight is 257 g/mol. The van der Waals surface area contributed by atoms with Crippen molar-refractivity contribution < 1.29 is 4.79 Å². The predicted molar refractivity (Wildman–Crippen MR) is 77.6 cm³/mol. The van der Waals surface area contributed by atoms with Gasteiger partial charge in [0.05, 0.1) is 0 Å². The Balaban J connectivity index is 1.75. The van der Waals surface area contributed by atoms with Crippen molar-refractivity contribution in [2.45, 2.75) is 44.9 Å².